The Morgan fingerprint density at radius 3 is 2.16 bits per heavy atom. The Balaban J connectivity index is 2.14. The molecule has 5 nitrogen and oxygen atoms in total. The fraction of sp³-hybridized carbons (Fsp3) is 0.300. The Hall–Kier alpha value is -2.82. The minimum absolute atomic E-state index is 0.651. The molecule has 1 N–H and O–H groups in total. The van der Waals surface area contributed by atoms with Crippen LogP contribution in [-0.2, 0) is 0 Å². The molecule has 0 atom stereocenters. The van der Waals surface area contributed by atoms with Crippen LogP contribution in [-0.4, -0.2) is 24.2 Å². The lowest BCUT2D eigenvalue weighted by Crippen LogP contribution is -2.02. The van der Waals surface area contributed by atoms with Gasteiger partial charge in [-0.25, -0.2) is 9.97 Å². The Kier molecular flexibility index (Phi) is 4.49. The van der Waals surface area contributed by atoms with Crippen molar-refractivity contribution < 1.29 is 9.47 Å². The van der Waals surface area contributed by atoms with Crippen LogP contribution in [0.25, 0.3) is 10.9 Å². The average molecular weight is 337 g/mol. The summed E-state index contributed by atoms with van der Waals surface area (Å²) in [6, 6.07) is 5.92. The number of ether oxygens (including phenoxy) is 2. The van der Waals surface area contributed by atoms with Gasteiger partial charge in [0.25, 0.3) is 0 Å². The maximum Gasteiger partial charge on any atom is 0.162 e. The number of rotatable bonds is 4. The molecule has 1 heterocycles. The van der Waals surface area contributed by atoms with Gasteiger partial charge in [0.15, 0.2) is 11.5 Å². The van der Waals surface area contributed by atoms with Crippen LogP contribution in [0.5, 0.6) is 11.5 Å². The number of hydrogen-bond acceptors (Lipinski definition) is 5. The van der Waals surface area contributed by atoms with E-state index >= 15 is 0 Å². The molecule has 0 aliphatic carbocycles. The highest BCUT2D eigenvalue weighted by Crippen LogP contribution is 2.35. The molecule has 0 saturated heterocycles. The smallest absolute Gasteiger partial charge is 0.162 e. The molecule has 0 aliphatic heterocycles. The summed E-state index contributed by atoms with van der Waals surface area (Å²) in [5.41, 5.74) is 6.93. The molecule has 1 aromatic heterocycles. The molecule has 5 heteroatoms. The van der Waals surface area contributed by atoms with Crippen molar-refractivity contribution in [2.24, 2.45) is 0 Å². The molecule has 0 fully saturated rings. The molecular weight excluding hydrogens is 314 g/mol. The fourth-order valence-corrected chi connectivity index (χ4v) is 2.95. The summed E-state index contributed by atoms with van der Waals surface area (Å²) in [6.07, 6.45) is 1.56. The number of hydrogen-bond donors (Lipinski definition) is 1. The zero-order valence-corrected chi connectivity index (χ0v) is 15.5. The van der Waals surface area contributed by atoms with Crippen molar-refractivity contribution in [2.45, 2.75) is 27.7 Å². The van der Waals surface area contributed by atoms with Crippen LogP contribution in [0, 0.1) is 27.7 Å². The van der Waals surface area contributed by atoms with Gasteiger partial charge in [-0.2, -0.15) is 0 Å². The highest BCUT2D eigenvalue weighted by Gasteiger charge is 2.13. The van der Waals surface area contributed by atoms with Gasteiger partial charge in [-0.15, -0.1) is 0 Å². The number of benzene rings is 2. The second-order valence-corrected chi connectivity index (χ2v) is 6.19. The van der Waals surface area contributed by atoms with E-state index in [1.807, 2.05) is 12.1 Å². The number of aryl methyl sites for hydroxylation is 1. The number of nitrogens with zero attached hydrogens (tertiary/aromatic N) is 2. The molecule has 0 unspecified atom stereocenters. The summed E-state index contributed by atoms with van der Waals surface area (Å²) in [5.74, 6) is 2.05. The van der Waals surface area contributed by atoms with Crippen molar-refractivity contribution in [1.82, 2.24) is 9.97 Å². The van der Waals surface area contributed by atoms with E-state index in [0.29, 0.717) is 11.5 Å². The minimum atomic E-state index is 0.651. The van der Waals surface area contributed by atoms with Gasteiger partial charge in [0.1, 0.15) is 12.1 Å². The van der Waals surface area contributed by atoms with Gasteiger partial charge in [0.2, 0.25) is 0 Å². The van der Waals surface area contributed by atoms with Crippen molar-refractivity contribution >= 4 is 22.4 Å². The highest BCUT2D eigenvalue weighted by molar-refractivity contribution is 5.93. The lowest BCUT2D eigenvalue weighted by Gasteiger charge is -2.17. The van der Waals surface area contributed by atoms with Crippen molar-refractivity contribution in [1.29, 1.82) is 0 Å². The van der Waals surface area contributed by atoms with Crippen LogP contribution in [0.3, 0.4) is 0 Å². The van der Waals surface area contributed by atoms with Gasteiger partial charge in [-0.1, -0.05) is 0 Å². The number of fused-ring (bicyclic) bond motifs is 1. The molecule has 3 aromatic rings. The second kappa shape index (κ2) is 6.59. The van der Waals surface area contributed by atoms with E-state index in [-0.39, 0.29) is 0 Å². The lowest BCUT2D eigenvalue weighted by atomic mass is 9.98. The summed E-state index contributed by atoms with van der Waals surface area (Å²) in [4.78, 5) is 8.79. The molecule has 0 bridgehead atoms. The fourth-order valence-electron chi connectivity index (χ4n) is 2.95. The normalized spacial score (nSPS) is 10.8. The molecule has 0 aliphatic rings. The van der Waals surface area contributed by atoms with Crippen LogP contribution in [0.1, 0.15) is 22.3 Å². The van der Waals surface area contributed by atoms with Gasteiger partial charge in [0.05, 0.1) is 19.7 Å². The maximum atomic E-state index is 5.42. The second-order valence-electron chi connectivity index (χ2n) is 6.19. The van der Waals surface area contributed by atoms with Crippen molar-refractivity contribution in [3.05, 3.63) is 46.8 Å². The molecule has 0 amide bonds. The van der Waals surface area contributed by atoms with Crippen LogP contribution >= 0.6 is 0 Å². The molecule has 0 saturated carbocycles. The highest BCUT2D eigenvalue weighted by atomic mass is 16.5. The monoisotopic (exact) mass is 337 g/mol. The number of nitrogens with one attached hydrogen (secondary N) is 1. The van der Waals surface area contributed by atoms with E-state index in [0.717, 1.165) is 22.4 Å². The maximum absolute atomic E-state index is 5.42. The van der Waals surface area contributed by atoms with Crippen molar-refractivity contribution in [3.63, 3.8) is 0 Å². The Labute approximate surface area is 148 Å². The minimum Gasteiger partial charge on any atom is -0.493 e. The number of anilines is 2. The standard InChI is InChI=1S/C20H23N3O2/c1-11-7-16(14(4)13(3)12(11)2)23-20-15-8-18(24-5)19(25-6)9-17(15)21-10-22-20/h7-10H,1-6H3,(H,21,22,23). The lowest BCUT2D eigenvalue weighted by molar-refractivity contribution is 0.356. The topological polar surface area (TPSA) is 56.3 Å². The van der Waals surface area contributed by atoms with Crippen LogP contribution in [0.15, 0.2) is 24.5 Å². The largest absolute Gasteiger partial charge is 0.493 e. The number of methoxy groups -OCH3 is 2. The van der Waals surface area contributed by atoms with E-state index in [9.17, 15) is 0 Å². The summed E-state index contributed by atoms with van der Waals surface area (Å²) < 4.78 is 10.8. The number of aromatic nitrogens is 2. The third-order valence-corrected chi connectivity index (χ3v) is 4.88. The van der Waals surface area contributed by atoms with E-state index < -0.39 is 0 Å². The first-order valence-corrected chi connectivity index (χ1v) is 8.17. The van der Waals surface area contributed by atoms with Crippen LogP contribution < -0.4 is 14.8 Å². The first kappa shape index (κ1) is 17.0. The third kappa shape index (κ3) is 2.97. The first-order chi connectivity index (χ1) is 12.0. The predicted octanol–water partition coefficient (Wildman–Crippen LogP) is 4.62. The molecular formula is C20H23N3O2. The zero-order valence-electron chi connectivity index (χ0n) is 15.5. The summed E-state index contributed by atoms with van der Waals surface area (Å²) in [6.45, 7) is 8.55. The first-order valence-electron chi connectivity index (χ1n) is 8.17. The predicted molar refractivity (Wildman–Crippen MR) is 101 cm³/mol. The average Bonchev–Trinajstić information content (AvgIpc) is 2.63. The van der Waals surface area contributed by atoms with Gasteiger partial charge < -0.3 is 14.8 Å². The molecule has 25 heavy (non-hydrogen) atoms. The Morgan fingerprint density at radius 1 is 0.800 bits per heavy atom. The Bertz CT molecular complexity index is 952. The molecule has 2 aromatic carbocycles. The third-order valence-electron chi connectivity index (χ3n) is 4.88. The van der Waals surface area contributed by atoms with E-state index in [1.54, 1.807) is 20.5 Å². The summed E-state index contributed by atoms with van der Waals surface area (Å²) >= 11 is 0. The SMILES string of the molecule is COc1cc2ncnc(Nc3cc(C)c(C)c(C)c3C)c2cc1OC. The van der Waals surface area contributed by atoms with Gasteiger partial charge >= 0.3 is 0 Å². The quantitative estimate of drug-likeness (QED) is 0.752. The van der Waals surface area contributed by atoms with Gasteiger partial charge in [-0.05, 0) is 62.1 Å². The molecule has 3 rings (SSSR count). The molecule has 0 radical (unpaired) electrons. The van der Waals surface area contributed by atoms with Crippen LogP contribution in [0.2, 0.25) is 0 Å². The zero-order chi connectivity index (χ0) is 18.1. The van der Waals surface area contributed by atoms with E-state index in [2.05, 4.69) is 49.0 Å². The van der Waals surface area contributed by atoms with Gasteiger partial charge in [-0.3, -0.25) is 0 Å². The summed E-state index contributed by atoms with van der Waals surface area (Å²) in [5, 5.41) is 4.35. The van der Waals surface area contributed by atoms with E-state index in [4.69, 9.17) is 9.47 Å². The van der Waals surface area contributed by atoms with Crippen molar-refractivity contribution in [3.8, 4) is 11.5 Å². The van der Waals surface area contributed by atoms with Crippen LogP contribution in [0.4, 0.5) is 11.5 Å². The molecule has 130 valence electrons. The summed E-state index contributed by atoms with van der Waals surface area (Å²) in [7, 11) is 3.24. The molecule has 0 spiro atoms. The van der Waals surface area contributed by atoms with E-state index in [1.165, 1.54) is 22.3 Å². The van der Waals surface area contributed by atoms with Crippen molar-refractivity contribution in [2.75, 3.05) is 19.5 Å². The Morgan fingerprint density at radius 2 is 1.48 bits per heavy atom. The van der Waals surface area contributed by atoms with Gasteiger partial charge in [0, 0.05) is 17.1 Å².